The van der Waals surface area contributed by atoms with Crippen molar-refractivity contribution in [3.05, 3.63) is 33.1 Å². The smallest absolute Gasteiger partial charge is 0.394 e. The van der Waals surface area contributed by atoms with Gasteiger partial charge in [0.25, 0.3) is 5.56 Å². The molecule has 0 radical (unpaired) electrons. The van der Waals surface area contributed by atoms with Crippen LogP contribution in [0.4, 0.5) is 0 Å². The van der Waals surface area contributed by atoms with E-state index in [-0.39, 0.29) is 0 Å². The zero-order valence-corrected chi connectivity index (χ0v) is 22.2. The third kappa shape index (κ3) is 7.68. The van der Waals surface area contributed by atoms with E-state index in [2.05, 4.69) is 14.2 Å². The van der Waals surface area contributed by atoms with Crippen LogP contribution in [0, 0.1) is 5.92 Å². The fraction of sp³-hybridized carbons (Fsp3) is 0.722. The first kappa shape index (κ1) is 31.7. The van der Waals surface area contributed by atoms with E-state index in [0.717, 1.165) is 23.8 Å². The number of nitrogens with zero attached hydrogens (tertiary/aromatic N) is 1. The number of carbonyl (C=O) groups excluding carboxylic acids is 1. The van der Waals surface area contributed by atoms with Crippen molar-refractivity contribution in [3.63, 3.8) is 0 Å². The Bertz CT molecular complexity index is 1240. The summed E-state index contributed by atoms with van der Waals surface area (Å²) in [5, 5.41) is 42.6. The normalized spacial score (nSPS) is 36.2. The van der Waals surface area contributed by atoms with Gasteiger partial charge in [-0.2, -0.15) is 4.31 Å². The summed E-state index contributed by atoms with van der Waals surface area (Å²) in [4.78, 5) is 56.6. The molecule has 0 aliphatic carbocycles. The van der Waals surface area contributed by atoms with E-state index in [1.165, 1.54) is 6.92 Å². The number of hydrogen-bond donors (Lipinski definition) is 8. The van der Waals surface area contributed by atoms with Gasteiger partial charge < -0.3 is 45.0 Å². The van der Waals surface area contributed by atoms with E-state index in [1.807, 2.05) is 4.98 Å². The number of ether oxygens (including phenoxy) is 2. The highest BCUT2D eigenvalue weighted by Gasteiger charge is 2.49. The minimum absolute atomic E-state index is 0.648. The van der Waals surface area contributed by atoms with Gasteiger partial charge in [-0.05, 0) is 0 Å². The maximum atomic E-state index is 12.5. The average molecular weight is 605 g/mol. The number of nitrogens with one attached hydrogen (secondary N) is 2. The van der Waals surface area contributed by atoms with Gasteiger partial charge in [-0.25, -0.2) is 13.9 Å². The number of carbonyl (C=O) groups is 1. The summed E-state index contributed by atoms with van der Waals surface area (Å²) in [6.07, 6.45) is -10.1. The van der Waals surface area contributed by atoms with Crippen LogP contribution in [-0.2, 0) is 36.8 Å². The molecular weight excluding hydrogens is 576 g/mol. The molecule has 1 amide bonds. The highest BCUT2D eigenvalue weighted by molar-refractivity contribution is 7.61. The van der Waals surface area contributed by atoms with Crippen LogP contribution in [-0.4, -0.2) is 102 Å². The molecular formula is C18H29N3O16P2. The summed E-state index contributed by atoms with van der Waals surface area (Å²) < 4.78 is 49.8. The first-order valence-electron chi connectivity index (χ1n) is 11.3. The lowest BCUT2D eigenvalue weighted by Crippen LogP contribution is -2.61. The summed E-state index contributed by atoms with van der Waals surface area (Å²) in [5.41, 5.74) is -1.73. The van der Waals surface area contributed by atoms with Crippen LogP contribution in [0.2, 0.25) is 0 Å². The molecule has 0 bridgehead atoms. The molecule has 11 atom stereocenters. The molecule has 0 saturated carbocycles. The number of aliphatic hydroxyl groups is 4. The zero-order valence-electron chi connectivity index (χ0n) is 20.4. The second kappa shape index (κ2) is 12.4. The van der Waals surface area contributed by atoms with Gasteiger partial charge in [0.15, 0.2) is 12.5 Å². The summed E-state index contributed by atoms with van der Waals surface area (Å²) in [7, 11) is -11.0. The van der Waals surface area contributed by atoms with Crippen LogP contribution >= 0.6 is 15.6 Å². The molecule has 3 heterocycles. The molecule has 0 aromatic carbocycles. The number of aromatic amines is 1. The van der Waals surface area contributed by atoms with Crippen molar-refractivity contribution in [1.29, 1.82) is 0 Å². The third-order valence-electron chi connectivity index (χ3n) is 5.95. The van der Waals surface area contributed by atoms with Crippen LogP contribution in [0.25, 0.3) is 0 Å². The molecule has 2 aliphatic heterocycles. The minimum atomic E-state index is -5.55. The van der Waals surface area contributed by atoms with Crippen LogP contribution in [0.3, 0.4) is 0 Å². The van der Waals surface area contributed by atoms with E-state index in [1.54, 1.807) is 0 Å². The fourth-order valence-electron chi connectivity index (χ4n) is 3.97. The van der Waals surface area contributed by atoms with Gasteiger partial charge in [-0.3, -0.25) is 28.2 Å². The second-order valence-corrected chi connectivity index (χ2v) is 11.8. The number of hydrogen-bond acceptors (Lipinski definition) is 14. The number of H-pyrrole nitrogens is 1. The predicted octanol–water partition coefficient (Wildman–Crippen LogP) is -3.37. The average Bonchev–Trinajstić information content (AvgIpc) is 3.10. The molecule has 2 saturated heterocycles. The summed E-state index contributed by atoms with van der Waals surface area (Å²) in [5.74, 6) is -1.45. The summed E-state index contributed by atoms with van der Waals surface area (Å²) in [6.45, 7) is 0.893. The van der Waals surface area contributed by atoms with Crippen molar-refractivity contribution in [1.82, 2.24) is 14.9 Å². The lowest BCUT2D eigenvalue weighted by molar-refractivity contribution is -0.228. The molecule has 2 aliphatic rings. The molecule has 0 spiro atoms. The van der Waals surface area contributed by atoms with Gasteiger partial charge >= 0.3 is 21.3 Å². The Morgan fingerprint density at radius 2 is 1.77 bits per heavy atom. The quantitative estimate of drug-likeness (QED) is 0.121. The number of amides is 1. The van der Waals surface area contributed by atoms with Gasteiger partial charge in [0.05, 0.1) is 25.4 Å². The van der Waals surface area contributed by atoms with E-state index < -0.39 is 101 Å². The molecule has 1 aromatic rings. The molecule has 3 unspecified atom stereocenters. The standard InChI is InChI=1S/C18H29N3O16P2/c1-7-9(5-22)35-17(12(13(7)25)19-8(2)23)36-39(31,32)37-38(29,30)33-6-10-14(26)15(27)16(34-10)21-4-3-11(24)20-18(21)28/h3-4,7,9-10,12-17,22,25-27H,5-6H2,1-2H3,(H,19,23)(H,29,30)(H,31,32)(H,20,24,28)/t7-,9-,10-,12+,13+,14-,15-,16-,17?/m1/s1. The van der Waals surface area contributed by atoms with E-state index in [4.69, 9.17) is 14.0 Å². The minimum Gasteiger partial charge on any atom is -0.394 e. The molecule has 1 aromatic heterocycles. The first-order valence-corrected chi connectivity index (χ1v) is 14.3. The van der Waals surface area contributed by atoms with Crippen molar-refractivity contribution < 1.29 is 67.0 Å². The fourth-order valence-corrected chi connectivity index (χ4v) is 6.14. The Morgan fingerprint density at radius 3 is 2.36 bits per heavy atom. The van der Waals surface area contributed by atoms with Crippen molar-refractivity contribution in [2.75, 3.05) is 13.2 Å². The van der Waals surface area contributed by atoms with Crippen LogP contribution in [0.15, 0.2) is 21.9 Å². The lowest BCUT2D eigenvalue weighted by atomic mass is 9.89. The third-order valence-corrected chi connectivity index (χ3v) is 8.55. The SMILES string of the molecule is CC(=O)N[C@@H]1C(OP(=O)(O)OP(=O)(O)OC[C@H]2O[C@@H](n3ccc(=O)[nH]c3=O)[C@H](O)[C@@H]2O)O[C@H](CO)[C@@H](C)[C@@H]1O. The van der Waals surface area contributed by atoms with Crippen molar-refractivity contribution in [3.8, 4) is 0 Å². The number of rotatable bonds is 10. The molecule has 21 heteroatoms. The summed E-state index contributed by atoms with van der Waals surface area (Å²) in [6, 6.07) is -0.503. The van der Waals surface area contributed by atoms with Crippen LogP contribution < -0.4 is 16.6 Å². The van der Waals surface area contributed by atoms with E-state index in [9.17, 15) is 53.7 Å². The molecule has 222 valence electrons. The van der Waals surface area contributed by atoms with E-state index >= 15 is 0 Å². The van der Waals surface area contributed by atoms with E-state index in [0.29, 0.717) is 0 Å². The molecule has 8 N–H and O–H groups in total. The number of aliphatic hydroxyl groups excluding tert-OH is 4. The lowest BCUT2D eigenvalue weighted by Gasteiger charge is -2.43. The predicted molar refractivity (Wildman–Crippen MR) is 124 cm³/mol. The van der Waals surface area contributed by atoms with Gasteiger partial charge in [-0.15, -0.1) is 0 Å². The Morgan fingerprint density at radius 1 is 1.10 bits per heavy atom. The monoisotopic (exact) mass is 605 g/mol. The molecule has 39 heavy (non-hydrogen) atoms. The summed E-state index contributed by atoms with van der Waals surface area (Å²) >= 11 is 0. The van der Waals surface area contributed by atoms with Gasteiger partial charge in [-0.1, -0.05) is 6.92 Å². The van der Waals surface area contributed by atoms with Gasteiger partial charge in [0.2, 0.25) is 5.91 Å². The largest absolute Gasteiger partial charge is 0.483 e. The Kier molecular flexibility index (Phi) is 10.0. The highest BCUT2D eigenvalue weighted by Crippen LogP contribution is 2.61. The van der Waals surface area contributed by atoms with Gasteiger partial charge in [0.1, 0.15) is 24.4 Å². The Balaban J connectivity index is 1.66. The number of aromatic nitrogens is 2. The Hall–Kier alpha value is -1.83. The Labute approximate surface area is 219 Å². The van der Waals surface area contributed by atoms with Crippen molar-refractivity contribution in [2.24, 2.45) is 5.92 Å². The molecule has 19 nitrogen and oxygen atoms in total. The first-order chi connectivity index (χ1) is 18.0. The maximum Gasteiger partial charge on any atom is 0.483 e. The number of phosphoric ester groups is 2. The molecule has 2 fully saturated rings. The number of phosphoric acid groups is 2. The highest BCUT2D eigenvalue weighted by atomic mass is 31.3. The van der Waals surface area contributed by atoms with Gasteiger partial charge in [0, 0.05) is 25.1 Å². The van der Waals surface area contributed by atoms with Crippen LogP contribution in [0.1, 0.15) is 20.1 Å². The van der Waals surface area contributed by atoms with Crippen molar-refractivity contribution in [2.45, 2.75) is 62.9 Å². The topological polar surface area (TPSA) is 286 Å². The second-order valence-electron chi connectivity index (χ2n) is 8.79. The van der Waals surface area contributed by atoms with Crippen molar-refractivity contribution >= 4 is 21.6 Å². The van der Waals surface area contributed by atoms with Crippen LogP contribution in [0.5, 0.6) is 0 Å². The molecule has 3 rings (SSSR count). The maximum absolute atomic E-state index is 12.5. The zero-order chi connectivity index (χ0) is 29.3.